The van der Waals surface area contributed by atoms with Crippen molar-refractivity contribution in [3.8, 4) is 0 Å². The minimum absolute atomic E-state index is 0.155. The number of aromatic nitrogens is 2. The molecule has 0 radical (unpaired) electrons. The Morgan fingerprint density at radius 3 is 2.44 bits per heavy atom. The van der Waals surface area contributed by atoms with Gasteiger partial charge in [0.15, 0.2) is 0 Å². The fourth-order valence-corrected chi connectivity index (χ4v) is 1.67. The van der Waals surface area contributed by atoms with Gasteiger partial charge in [0.2, 0.25) is 0 Å². The third-order valence-corrected chi connectivity index (χ3v) is 3.48. The van der Waals surface area contributed by atoms with Gasteiger partial charge < -0.3 is 10.4 Å². The Balaban J connectivity index is 2.74. The van der Waals surface area contributed by atoms with Crippen molar-refractivity contribution in [2.45, 2.75) is 46.2 Å². The second-order valence-electron chi connectivity index (χ2n) is 4.70. The third kappa shape index (κ3) is 2.62. The predicted octanol–water partition coefficient (Wildman–Crippen LogP) is 1.29. The Labute approximate surface area is 97.7 Å². The minimum Gasteiger partial charge on any atom is -0.394 e. The first-order valence-electron chi connectivity index (χ1n) is 5.78. The third-order valence-electron chi connectivity index (χ3n) is 3.48. The highest BCUT2D eigenvalue weighted by molar-refractivity contribution is 5.24. The molecule has 1 aromatic heterocycles. The molecule has 16 heavy (non-hydrogen) atoms. The SMILES string of the molecule is CCC(C)(CO)NCc1c(C)nn(C)c1C. The van der Waals surface area contributed by atoms with Crippen LogP contribution in [0.3, 0.4) is 0 Å². The summed E-state index contributed by atoms with van der Waals surface area (Å²) < 4.78 is 1.90. The van der Waals surface area contributed by atoms with Gasteiger partial charge in [0, 0.05) is 30.4 Å². The lowest BCUT2D eigenvalue weighted by Gasteiger charge is -2.27. The van der Waals surface area contributed by atoms with E-state index < -0.39 is 0 Å². The lowest BCUT2D eigenvalue weighted by atomic mass is 9.99. The highest BCUT2D eigenvalue weighted by atomic mass is 16.3. The molecule has 0 aliphatic carbocycles. The topological polar surface area (TPSA) is 50.1 Å². The normalized spacial score (nSPS) is 15.1. The number of nitrogens with one attached hydrogen (secondary N) is 1. The van der Waals surface area contributed by atoms with Crippen LogP contribution in [0.2, 0.25) is 0 Å². The van der Waals surface area contributed by atoms with Gasteiger partial charge in [-0.2, -0.15) is 5.10 Å². The zero-order valence-corrected chi connectivity index (χ0v) is 11.0. The number of nitrogens with zero attached hydrogens (tertiary/aromatic N) is 2. The maximum absolute atomic E-state index is 9.32. The summed E-state index contributed by atoms with van der Waals surface area (Å²) in [6.07, 6.45) is 0.905. The molecule has 1 aromatic rings. The van der Waals surface area contributed by atoms with Gasteiger partial charge in [0.05, 0.1) is 12.3 Å². The number of rotatable bonds is 5. The van der Waals surface area contributed by atoms with Crippen LogP contribution in [0.25, 0.3) is 0 Å². The van der Waals surface area contributed by atoms with Crippen LogP contribution in [-0.4, -0.2) is 27.0 Å². The van der Waals surface area contributed by atoms with Gasteiger partial charge in [-0.1, -0.05) is 6.92 Å². The Morgan fingerprint density at radius 2 is 2.06 bits per heavy atom. The average Bonchev–Trinajstić information content (AvgIpc) is 2.51. The zero-order chi connectivity index (χ0) is 12.3. The fraction of sp³-hybridized carbons (Fsp3) is 0.750. The molecule has 2 N–H and O–H groups in total. The lowest BCUT2D eigenvalue weighted by Crippen LogP contribution is -2.44. The Bertz CT molecular complexity index is 353. The van der Waals surface area contributed by atoms with Crippen molar-refractivity contribution >= 4 is 0 Å². The van der Waals surface area contributed by atoms with Crippen LogP contribution in [0, 0.1) is 13.8 Å². The van der Waals surface area contributed by atoms with Gasteiger partial charge in [-0.15, -0.1) is 0 Å². The van der Waals surface area contributed by atoms with Crippen molar-refractivity contribution in [3.05, 3.63) is 17.0 Å². The van der Waals surface area contributed by atoms with Crippen molar-refractivity contribution in [3.63, 3.8) is 0 Å². The van der Waals surface area contributed by atoms with E-state index in [4.69, 9.17) is 0 Å². The van der Waals surface area contributed by atoms with Crippen molar-refractivity contribution in [1.82, 2.24) is 15.1 Å². The molecule has 0 fully saturated rings. The minimum atomic E-state index is -0.200. The van der Waals surface area contributed by atoms with Crippen LogP contribution in [0.5, 0.6) is 0 Å². The summed E-state index contributed by atoms with van der Waals surface area (Å²) in [7, 11) is 1.96. The van der Waals surface area contributed by atoms with E-state index in [-0.39, 0.29) is 12.1 Å². The number of hydrogen-bond acceptors (Lipinski definition) is 3. The molecule has 0 aliphatic rings. The summed E-state index contributed by atoms with van der Waals surface area (Å²) in [4.78, 5) is 0. The summed E-state index contributed by atoms with van der Waals surface area (Å²) in [6.45, 7) is 9.12. The molecule has 1 heterocycles. The molecular weight excluding hydrogens is 202 g/mol. The highest BCUT2D eigenvalue weighted by Gasteiger charge is 2.21. The summed E-state index contributed by atoms with van der Waals surface area (Å²) in [6, 6.07) is 0. The largest absolute Gasteiger partial charge is 0.394 e. The molecule has 1 atom stereocenters. The molecule has 92 valence electrons. The number of aryl methyl sites for hydroxylation is 2. The van der Waals surface area contributed by atoms with E-state index in [0.717, 1.165) is 18.7 Å². The van der Waals surface area contributed by atoms with Crippen LogP contribution in [0.15, 0.2) is 0 Å². The fourth-order valence-electron chi connectivity index (χ4n) is 1.67. The van der Waals surface area contributed by atoms with Crippen molar-refractivity contribution in [2.24, 2.45) is 7.05 Å². The first-order chi connectivity index (χ1) is 7.43. The maximum Gasteiger partial charge on any atom is 0.0641 e. The molecule has 1 rings (SSSR count). The van der Waals surface area contributed by atoms with Crippen LogP contribution < -0.4 is 5.32 Å². The Kier molecular flexibility index (Phi) is 4.10. The smallest absolute Gasteiger partial charge is 0.0641 e. The van der Waals surface area contributed by atoms with E-state index in [1.54, 1.807) is 0 Å². The predicted molar refractivity (Wildman–Crippen MR) is 65.3 cm³/mol. The molecule has 0 aliphatic heterocycles. The summed E-state index contributed by atoms with van der Waals surface area (Å²) in [5.41, 5.74) is 3.27. The average molecular weight is 225 g/mol. The van der Waals surface area contributed by atoms with E-state index in [1.165, 1.54) is 11.3 Å². The second kappa shape index (κ2) is 4.97. The molecule has 0 amide bonds. The first-order valence-corrected chi connectivity index (χ1v) is 5.78. The standard InChI is InChI=1S/C12H23N3O/c1-6-12(4,8-16)13-7-11-9(2)14-15(5)10(11)3/h13,16H,6-8H2,1-5H3. The second-order valence-corrected chi connectivity index (χ2v) is 4.70. The van der Waals surface area contributed by atoms with Crippen LogP contribution >= 0.6 is 0 Å². The molecule has 0 bridgehead atoms. The number of aliphatic hydroxyl groups excluding tert-OH is 1. The summed E-state index contributed by atoms with van der Waals surface area (Å²) in [5, 5.41) is 17.1. The monoisotopic (exact) mass is 225 g/mol. The van der Waals surface area contributed by atoms with Crippen LogP contribution in [0.1, 0.15) is 37.2 Å². The molecular formula is C12H23N3O. The van der Waals surface area contributed by atoms with Crippen molar-refractivity contribution in [1.29, 1.82) is 0 Å². The van der Waals surface area contributed by atoms with Gasteiger partial charge in [-0.25, -0.2) is 0 Å². The molecule has 1 unspecified atom stereocenters. The highest BCUT2D eigenvalue weighted by Crippen LogP contribution is 2.14. The molecule has 0 saturated carbocycles. The molecule has 0 spiro atoms. The van der Waals surface area contributed by atoms with Crippen LogP contribution in [0.4, 0.5) is 0 Å². The van der Waals surface area contributed by atoms with Gasteiger partial charge in [0.1, 0.15) is 0 Å². The van der Waals surface area contributed by atoms with E-state index in [1.807, 2.05) is 25.6 Å². The van der Waals surface area contributed by atoms with Crippen molar-refractivity contribution < 1.29 is 5.11 Å². The number of hydrogen-bond donors (Lipinski definition) is 2. The molecule has 0 saturated heterocycles. The quantitative estimate of drug-likeness (QED) is 0.794. The van der Waals surface area contributed by atoms with Gasteiger partial charge in [0.25, 0.3) is 0 Å². The van der Waals surface area contributed by atoms with Crippen LogP contribution in [-0.2, 0) is 13.6 Å². The zero-order valence-electron chi connectivity index (χ0n) is 11.0. The van der Waals surface area contributed by atoms with Crippen molar-refractivity contribution in [2.75, 3.05) is 6.61 Å². The summed E-state index contributed by atoms with van der Waals surface area (Å²) in [5.74, 6) is 0. The van der Waals surface area contributed by atoms with Gasteiger partial charge >= 0.3 is 0 Å². The lowest BCUT2D eigenvalue weighted by molar-refractivity contribution is 0.169. The van der Waals surface area contributed by atoms with E-state index >= 15 is 0 Å². The summed E-state index contributed by atoms with van der Waals surface area (Å²) >= 11 is 0. The van der Waals surface area contributed by atoms with Gasteiger partial charge in [-0.05, 0) is 27.2 Å². The van der Waals surface area contributed by atoms with E-state index in [2.05, 4.69) is 24.3 Å². The molecule has 4 nitrogen and oxygen atoms in total. The Morgan fingerprint density at radius 1 is 1.44 bits per heavy atom. The molecule has 4 heteroatoms. The van der Waals surface area contributed by atoms with E-state index in [9.17, 15) is 5.11 Å². The van der Waals surface area contributed by atoms with Gasteiger partial charge in [-0.3, -0.25) is 4.68 Å². The van der Waals surface area contributed by atoms with E-state index in [0.29, 0.717) is 0 Å². The molecule has 0 aromatic carbocycles. The number of aliphatic hydroxyl groups is 1. The Hall–Kier alpha value is -0.870. The first kappa shape index (κ1) is 13.2. The maximum atomic E-state index is 9.32.